The zero-order valence-corrected chi connectivity index (χ0v) is 24.1. The summed E-state index contributed by atoms with van der Waals surface area (Å²) in [6, 6.07) is 9.47. The maximum absolute atomic E-state index is 14.2. The molecule has 0 N–H and O–H groups in total. The lowest BCUT2D eigenvalue weighted by atomic mass is 9.73. The van der Waals surface area contributed by atoms with Crippen molar-refractivity contribution >= 4 is 22.7 Å². The van der Waals surface area contributed by atoms with Crippen molar-refractivity contribution in [3.05, 3.63) is 40.3 Å². The molecule has 216 valence electrons. The zero-order valence-electron chi connectivity index (χ0n) is 24.1. The maximum atomic E-state index is 14.2. The number of hydrogen-bond donors (Lipinski definition) is 0. The molecule has 4 bridgehead atoms. The fourth-order valence-electron chi connectivity index (χ4n) is 8.48. The van der Waals surface area contributed by atoms with Crippen LogP contribution in [-0.2, 0) is 14.4 Å². The largest absolute Gasteiger partial charge is 0.461 e. The summed E-state index contributed by atoms with van der Waals surface area (Å²) < 4.78 is 7.16. The number of oxime groups is 1. The van der Waals surface area contributed by atoms with Crippen LogP contribution in [-0.4, -0.2) is 57.5 Å². The lowest BCUT2D eigenvalue weighted by Crippen LogP contribution is -2.58. The van der Waals surface area contributed by atoms with E-state index in [1.807, 2.05) is 28.8 Å². The molecule has 8 nitrogen and oxygen atoms in total. The van der Waals surface area contributed by atoms with Crippen molar-refractivity contribution in [3.8, 4) is 0 Å². The standard InChI is InChI=1S/C32H44N4O4/c1-3-39-32(38)30(34-40-4-2)29-31(37)36(28-15-8-7-14-27(28)33-29)26-19-23-12-9-13-24(20-26)35(23)25-17-21-10-5-6-11-22(16-21)18-25/h7-8,14-15,21-26H,3-6,9-13,16-20H2,1-2H3/t21?,22?,23-,24+,25?,26+. The van der Waals surface area contributed by atoms with Crippen molar-refractivity contribution in [1.82, 2.24) is 14.5 Å². The molecule has 2 saturated heterocycles. The minimum atomic E-state index is -0.687. The van der Waals surface area contributed by atoms with Crippen LogP contribution >= 0.6 is 0 Å². The van der Waals surface area contributed by atoms with Crippen LogP contribution in [0.15, 0.2) is 34.2 Å². The third-order valence-corrected chi connectivity index (χ3v) is 9.92. The fourth-order valence-corrected chi connectivity index (χ4v) is 8.48. The molecule has 0 radical (unpaired) electrons. The normalized spacial score (nSPS) is 31.0. The Morgan fingerprint density at radius 1 is 0.875 bits per heavy atom. The Bertz CT molecular complexity index is 1280. The van der Waals surface area contributed by atoms with Gasteiger partial charge < -0.3 is 14.1 Å². The van der Waals surface area contributed by atoms with E-state index in [1.54, 1.807) is 13.8 Å². The molecule has 2 aliphatic carbocycles. The van der Waals surface area contributed by atoms with Gasteiger partial charge in [0.05, 0.1) is 17.6 Å². The van der Waals surface area contributed by atoms with E-state index < -0.39 is 5.97 Å². The van der Waals surface area contributed by atoms with Crippen molar-refractivity contribution in [3.63, 3.8) is 0 Å². The minimum Gasteiger partial charge on any atom is -0.461 e. The summed E-state index contributed by atoms with van der Waals surface area (Å²) in [6.07, 6.45) is 15.3. The molecule has 4 aliphatic rings. The van der Waals surface area contributed by atoms with Gasteiger partial charge in [0.2, 0.25) is 5.71 Å². The Morgan fingerprint density at radius 2 is 1.57 bits per heavy atom. The van der Waals surface area contributed by atoms with Gasteiger partial charge in [-0.25, -0.2) is 9.78 Å². The molecule has 2 aromatic rings. The van der Waals surface area contributed by atoms with E-state index in [9.17, 15) is 9.59 Å². The molecular weight excluding hydrogens is 504 g/mol. The molecule has 0 spiro atoms. The Hall–Kier alpha value is -2.74. The zero-order chi connectivity index (χ0) is 27.6. The third kappa shape index (κ3) is 5.31. The van der Waals surface area contributed by atoms with Crippen LogP contribution < -0.4 is 5.56 Å². The summed E-state index contributed by atoms with van der Waals surface area (Å²) >= 11 is 0. The number of carbonyl (C=O) groups is 1. The molecule has 5 atom stereocenters. The Morgan fingerprint density at radius 3 is 2.25 bits per heavy atom. The highest BCUT2D eigenvalue weighted by atomic mass is 16.6. The molecule has 40 heavy (non-hydrogen) atoms. The van der Waals surface area contributed by atoms with E-state index in [0.29, 0.717) is 23.6 Å². The van der Waals surface area contributed by atoms with E-state index in [0.717, 1.165) is 30.2 Å². The van der Waals surface area contributed by atoms with Gasteiger partial charge in [-0.05, 0) is 82.8 Å². The minimum absolute atomic E-state index is 0.00884. The second kappa shape index (κ2) is 12.0. The van der Waals surface area contributed by atoms with E-state index in [-0.39, 0.29) is 36.2 Å². The number of fused-ring (bicyclic) bond motifs is 5. The first-order valence-electron chi connectivity index (χ1n) is 15.7. The number of carbonyl (C=O) groups excluding carboxylic acids is 1. The first kappa shape index (κ1) is 27.4. The van der Waals surface area contributed by atoms with E-state index in [1.165, 1.54) is 64.2 Å². The number of para-hydroxylation sites is 2. The number of ether oxygens (including phenoxy) is 1. The first-order chi connectivity index (χ1) is 19.6. The smallest absolute Gasteiger partial charge is 0.362 e. The third-order valence-electron chi connectivity index (χ3n) is 9.92. The molecule has 2 saturated carbocycles. The Labute approximate surface area is 237 Å². The summed E-state index contributed by atoms with van der Waals surface area (Å²) in [5.41, 5.74) is 1.06. The number of aromatic nitrogens is 2. The average molecular weight is 549 g/mol. The van der Waals surface area contributed by atoms with Gasteiger partial charge in [0.15, 0.2) is 5.69 Å². The quantitative estimate of drug-likeness (QED) is 0.254. The van der Waals surface area contributed by atoms with Gasteiger partial charge in [-0.1, -0.05) is 49.4 Å². The number of piperidine rings is 2. The molecule has 6 rings (SSSR count). The highest BCUT2D eigenvalue weighted by molar-refractivity contribution is 6.42. The van der Waals surface area contributed by atoms with Crippen LogP contribution in [0, 0.1) is 11.8 Å². The molecule has 2 aliphatic heterocycles. The maximum Gasteiger partial charge on any atom is 0.362 e. The van der Waals surface area contributed by atoms with Crippen molar-refractivity contribution < 1.29 is 14.4 Å². The molecule has 3 heterocycles. The van der Waals surface area contributed by atoms with Gasteiger partial charge in [-0.3, -0.25) is 9.69 Å². The number of hydrogen-bond acceptors (Lipinski definition) is 7. The topological polar surface area (TPSA) is 86.0 Å². The van der Waals surface area contributed by atoms with Crippen LogP contribution in [0.2, 0.25) is 0 Å². The molecule has 0 amide bonds. The molecule has 4 fully saturated rings. The second-order valence-electron chi connectivity index (χ2n) is 12.4. The monoisotopic (exact) mass is 548 g/mol. The predicted molar refractivity (Wildman–Crippen MR) is 155 cm³/mol. The fraction of sp³-hybridized carbons (Fsp3) is 0.688. The average Bonchev–Trinajstić information content (AvgIpc) is 3.12. The summed E-state index contributed by atoms with van der Waals surface area (Å²) in [6.45, 7) is 3.97. The van der Waals surface area contributed by atoms with Crippen LogP contribution in [0.4, 0.5) is 0 Å². The van der Waals surface area contributed by atoms with Gasteiger partial charge in [0.25, 0.3) is 5.56 Å². The number of nitrogens with zero attached hydrogens (tertiary/aromatic N) is 4. The van der Waals surface area contributed by atoms with E-state index in [2.05, 4.69) is 15.0 Å². The highest BCUT2D eigenvalue weighted by Gasteiger charge is 2.45. The number of esters is 1. The molecular formula is C32H44N4O4. The van der Waals surface area contributed by atoms with Gasteiger partial charge in [-0.15, -0.1) is 0 Å². The van der Waals surface area contributed by atoms with E-state index >= 15 is 0 Å². The van der Waals surface area contributed by atoms with Crippen molar-refractivity contribution in [2.24, 2.45) is 17.0 Å². The molecule has 1 aromatic heterocycles. The Balaban J connectivity index is 1.36. The molecule has 1 aromatic carbocycles. The Kier molecular flexibility index (Phi) is 8.24. The highest BCUT2D eigenvalue weighted by Crippen LogP contribution is 2.47. The van der Waals surface area contributed by atoms with E-state index in [4.69, 9.17) is 9.57 Å². The van der Waals surface area contributed by atoms with Crippen molar-refractivity contribution in [2.45, 2.75) is 115 Å². The first-order valence-corrected chi connectivity index (χ1v) is 15.7. The van der Waals surface area contributed by atoms with Crippen molar-refractivity contribution in [1.29, 1.82) is 0 Å². The second-order valence-corrected chi connectivity index (χ2v) is 12.4. The summed E-state index contributed by atoms with van der Waals surface area (Å²) in [4.78, 5) is 39.9. The lowest BCUT2D eigenvalue weighted by molar-refractivity contribution is -0.135. The van der Waals surface area contributed by atoms with Gasteiger partial charge in [-0.2, -0.15) is 0 Å². The lowest BCUT2D eigenvalue weighted by Gasteiger charge is -2.54. The van der Waals surface area contributed by atoms with Gasteiger partial charge >= 0.3 is 5.97 Å². The van der Waals surface area contributed by atoms with Gasteiger partial charge in [0, 0.05) is 24.2 Å². The predicted octanol–water partition coefficient (Wildman–Crippen LogP) is 5.62. The SMILES string of the molecule is CCON=C(C(=O)OCC)c1nc2ccccc2n([C@H]2C[C@H]3CCC[C@@H](C2)N3C2CC3CCCCC(C3)C2)c1=O. The van der Waals surface area contributed by atoms with Crippen molar-refractivity contribution in [2.75, 3.05) is 13.2 Å². The van der Waals surface area contributed by atoms with Crippen LogP contribution in [0.25, 0.3) is 11.0 Å². The summed E-state index contributed by atoms with van der Waals surface area (Å²) in [5, 5.41) is 4.01. The number of benzene rings is 1. The summed E-state index contributed by atoms with van der Waals surface area (Å²) in [7, 11) is 0. The summed E-state index contributed by atoms with van der Waals surface area (Å²) in [5.74, 6) is 1.10. The van der Waals surface area contributed by atoms with Crippen LogP contribution in [0.5, 0.6) is 0 Å². The number of rotatable bonds is 7. The van der Waals surface area contributed by atoms with Crippen LogP contribution in [0.1, 0.15) is 103 Å². The van der Waals surface area contributed by atoms with Crippen LogP contribution in [0.3, 0.4) is 0 Å². The molecule has 2 unspecified atom stereocenters. The van der Waals surface area contributed by atoms with Gasteiger partial charge in [0.1, 0.15) is 6.61 Å². The molecule has 8 heteroatoms.